The van der Waals surface area contributed by atoms with Gasteiger partial charge in [-0.2, -0.15) is 36.7 Å². The van der Waals surface area contributed by atoms with Gasteiger partial charge >= 0.3 is 12.4 Å². The van der Waals surface area contributed by atoms with Gasteiger partial charge in [-0.25, -0.2) is 4.98 Å². The summed E-state index contributed by atoms with van der Waals surface area (Å²) in [6, 6.07) is 5.41. The Bertz CT molecular complexity index is 2320. The zero-order chi connectivity index (χ0) is 44.9. The molecule has 4 fully saturated rings. The van der Waals surface area contributed by atoms with Gasteiger partial charge in [-0.15, -0.1) is 0 Å². The van der Waals surface area contributed by atoms with Crippen LogP contribution in [-0.2, 0) is 38.8 Å². The van der Waals surface area contributed by atoms with Crippen LogP contribution in [0.15, 0.2) is 30.5 Å². The minimum atomic E-state index is -4.87. The molecule has 2 aromatic heterocycles. The van der Waals surface area contributed by atoms with Gasteiger partial charge in [-0.05, 0) is 95.1 Å². The molecule has 13 nitrogen and oxygen atoms in total. The van der Waals surface area contributed by atoms with Crippen molar-refractivity contribution >= 4 is 57.4 Å². The number of rotatable bonds is 11. The molecule has 3 aliphatic heterocycles. The number of benzene rings is 1. The van der Waals surface area contributed by atoms with Crippen molar-refractivity contribution in [1.82, 2.24) is 34.8 Å². The average Bonchev–Trinajstić information content (AvgIpc) is 3.63. The monoisotopic (exact) mass is 887 g/mol. The first-order valence-corrected chi connectivity index (χ1v) is 21.1. The summed E-state index contributed by atoms with van der Waals surface area (Å²) in [4.78, 5) is 60.9. The molecule has 2 atom stereocenters. The van der Waals surface area contributed by atoms with E-state index in [1.807, 2.05) is 0 Å². The summed E-state index contributed by atoms with van der Waals surface area (Å²) in [5, 5.41) is 16.8. The number of nitriles is 1. The van der Waals surface area contributed by atoms with E-state index < -0.39 is 52.9 Å². The lowest BCUT2D eigenvalue weighted by atomic mass is 9.82. The van der Waals surface area contributed by atoms with Crippen molar-refractivity contribution in [1.29, 1.82) is 5.26 Å². The molecule has 0 spiro atoms. The summed E-state index contributed by atoms with van der Waals surface area (Å²) in [7, 11) is 1.68. The van der Waals surface area contributed by atoms with Gasteiger partial charge in [0.2, 0.25) is 11.8 Å². The van der Waals surface area contributed by atoms with Crippen molar-refractivity contribution < 1.29 is 45.5 Å². The van der Waals surface area contributed by atoms with Gasteiger partial charge in [-0.3, -0.25) is 39.0 Å². The molecule has 5 heterocycles. The lowest BCUT2D eigenvalue weighted by molar-refractivity contribution is -0.197. The topological polar surface area (TPSA) is 148 Å². The number of aromatic nitrogens is 3. The van der Waals surface area contributed by atoms with Gasteiger partial charge in [0, 0.05) is 51.0 Å². The second-order valence-corrected chi connectivity index (χ2v) is 17.6. The number of fused-ring (bicyclic) bond motifs is 1. The van der Waals surface area contributed by atoms with Gasteiger partial charge in [0.1, 0.15) is 17.6 Å². The maximum Gasteiger partial charge on any atom is 0.419 e. The lowest BCUT2D eigenvalue weighted by Gasteiger charge is -2.42. The number of thiocarbonyl (C=S) groups is 1. The van der Waals surface area contributed by atoms with Crippen molar-refractivity contribution in [3.05, 3.63) is 53.0 Å². The zero-order valence-electron chi connectivity index (χ0n) is 34.5. The van der Waals surface area contributed by atoms with E-state index in [0.29, 0.717) is 60.9 Å². The lowest BCUT2D eigenvalue weighted by Crippen LogP contribution is -2.60. The van der Waals surface area contributed by atoms with Gasteiger partial charge in [-0.1, -0.05) is 18.2 Å². The van der Waals surface area contributed by atoms with E-state index >= 15 is 0 Å². The van der Waals surface area contributed by atoms with E-state index in [-0.39, 0.29) is 66.9 Å². The van der Waals surface area contributed by atoms with Crippen LogP contribution in [0.3, 0.4) is 0 Å². The van der Waals surface area contributed by atoms with Crippen LogP contribution in [-0.4, -0.2) is 115 Å². The number of anilines is 1. The van der Waals surface area contributed by atoms with Gasteiger partial charge < -0.3 is 9.80 Å². The molecule has 62 heavy (non-hydrogen) atoms. The molecule has 4 aliphatic rings. The first-order chi connectivity index (χ1) is 29.2. The van der Waals surface area contributed by atoms with Crippen LogP contribution in [0.5, 0.6) is 0 Å². The number of piperidine rings is 1. The van der Waals surface area contributed by atoms with Crippen molar-refractivity contribution in [2.24, 2.45) is 13.0 Å². The fourth-order valence-corrected chi connectivity index (χ4v) is 10.3. The fraction of sp³-hybridized carbons (Fsp3) is 0.571. The van der Waals surface area contributed by atoms with Gasteiger partial charge in [0.15, 0.2) is 16.6 Å². The van der Waals surface area contributed by atoms with E-state index in [9.17, 15) is 45.5 Å². The van der Waals surface area contributed by atoms with Crippen LogP contribution >= 0.6 is 12.2 Å². The van der Waals surface area contributed by atoms with Crippen LogP contribution in [0.2, 0.25) is 0 Å². The third-order valence-electron chi connectivity index (χ3n) is 12.8. The number of alkyl halides is 6. The number of para-hydroxylation sites is 1. The molecule has 3 saturated heterocycles. The minimum Gasteiger partial charge on any atom is -0.331 e. The van der Waals surface area contributed by atoms with Crippen LogP contribution in [0.1, 0.15) is 93.6 Å². The molecule has 1 saturated carbocycles. The molecule has 1 unspecified atom stereocenters. The number of nitrogens with one attached hydrogen (secondary N) is 1. The maximum atomic E-state index is 14.5. The van der Waals surface area contributed by atoms with E-state index in [1.165, 1.54) is 11.0 Å². The van der Waals surface area contributed by atoms with Crippen molar-refractivity contribution in [3.63, 3.8) is 0 Å². The van der Waals surface area contributed by atoms with Crippen molar-refractivity contribution in [3.8, 4) is 6.07 Å². The molecular formula is C42H47F6N9O4S. The highest BCUT2D eigenvalue weighted by Gasteiger charge is 2.53. The van der Waals surface area contributed by atoms with E-state index in [1.54, 1.807) is 53.6 Å². The highest BCUT2D eigenvalue weighted by molar-refractivity contribution is 7.80. The van der Waals surface area contributed by atoms with Crippen LogP contribution < -0.4 is 10.2 Å². The molecule has 3 amide bonds. The van der Waals surface area contributed by atoms with Crippen LogP contribution in [0.25, 0.3) is 10.9 Å². The first kappa shape index (κ1) is 45.0. The normalized spacial score (nSPS) is 24.2. The van der Waals surface area contributed by atoms with E-state index in [2.05, 4.69) is 15.4 Å². The summed E-state index contributed by atoms with van der Waals surface area (Å²) in [5.41, 5.74) is -1.70. The first-order valence-electron chi connectivity index (χ1n) is 20.7. The Balaban J connectivity index is 0.910. The predicted octanol–water partition coefficient (Wildman–Crippen LogP) is 5.79. The smallest absolute Gasteiger partial charge is 0.331 e. The molecule has 0 radical (unpaired) electrons. The number of carbonyl (C=O) groups excluding carboxylic acids is 4. The largest absolute Gasteiger partial charge is 0.419 e. The molecule has 1 aliphatic carbocycles. The Morgan fingerprint density at radius 3 is 2.44 bits per heavy atom. The second-order valence-electron chi connectivity index (χ2n) is 17.2. The number of Topliss-reactive ketones (excluding diaryl/α,β-unsaturated/α-hetero) is 1. The van der Waals surface area contributed by atoms with Gasteiger partial charge in [0.05, 0.1) is 41.1 Å². The molecular weight excluding hydrogens is 841 g/mol. The number of aryl methyl sites for hydroxylation is 1. The Hall–Kier alpha value is -5.00. The average molecular weight is 888 g/mol. The van der Waals surface area contributed by atoms with Crippen LogP contribution in [0.4, 0.5) is 32.0 Å². The molecule has 0 bridgehead atoms. The third kappa shape index (κ3) is 8.93. The quantitative estimate of drug-likeness (QED) is 0.142. The second kappa shape index (κ2) is 17.3. The highest BCUT2D eigenvalue weighted by Crippen LogP contribution is 2.41. The summed E-state index contributed by atoms with van der Waals surface area (Å²) in [5.74, 6) is -2.03. The number of halogens is 6. The number of hydrogen-bond donors (Lipinski definition) is 1. The van der Waals surface area contributed by atoms with Gasteiger partial charge in [0.25, 0.3) is 5.91 Å². The molecule has 1 N–H and O–H groups in total. The van der Waals surface area contributed by atoms with Crippen LogP contribution in [0, 0.1) is 17.2 Å². The zero-order valence-corrected chi connectivity index (χ0v) is 35.3. The van der Waals surface area contributed by atoms with E-state index in [0.717, 1.165) is 36.4 Å². The summed E-state index contributed by atoms with van der Waals surface area (Å²) in [6.45, 7) is 3.58. The standard InChI is InChI=1S/C42H47F6N9O4S/c1-40(2)38(61)56(27-19-31(41(43,44)45)32(20-49)50-21-27)39(62)57(40)26-11-9-24(10-12-26)6-5-15-54-16-17-55(33(23-54)42(46,47)48)22-28(58)18-25-7-4-8-29-35(52-53(3)36(25)29)30-13-14-34(59)51-37(30)60/h4,7-8,19,21,24,26,30,33H,5-6,9-18,22-23H2,1-3H3,(H,51,59,60)/t24?,26?,30?,33-/m1/s1. The Labute approximate surface area is 359 Å². The summed E-state index contributed by atoms with van der Waals surface area (Å²) >= 11 is 5.69. The number of nitrogens with zero attached hydrogens (tertiary/aromatic N) is 8. The molecule has 20 heteroatoms. The summed E-state index contributed by atoms with van der Waals surface area (Å²) in [6.07, 6.45) is -3.71. The van der Waals surface area contributed by atoms with Crippen molar-refractivity contribution in [2.45, 2.75) is 108 Å². The number of carbonyl (C=O) groups is 4. The molecule has 332 valence electrons. The minimum absolute atomic E-state index is 0.0634. The number of piperazine rings is 1. The number of hydrogen-bond acceptors (Lipinski definition) is 10. The van der Waals surface area contributed by atoms with E-state index in [4.69, 9.17) is 17.5 Å². The predicted molar refractivity (Wildman–Crippen MR) is 217 cm³/mol. The SMILES string of the molecule is Cn1nc(C2CCC(=O)NC2=O)c2cccc(CC(=O)CN3CCN(CCCC4CCC(N5C(=S)N(c6cnc(C#N)c(C(F)(F)F)c6)C(=O)C5(C)C)CC4)C[C@@H]3C(F)(F)F)c21. The number of pyridine rings is 1. The Morgan fingerprint density at radius 2 is 1.77 bits per heavy atom. The highest BCUT2D eigenvalue weighted by atomic mass is 32.1. The fourth-order valence-electron chi connectivity index (χ4n) is 9.70. The molecule has 3 aromatic rings. The molecule has 1 aromatic carbocycles. The number of amides is 3. The third-order valence-corrected chi connectivity index (χ3v) is 13.2. The summed E-state index contributed by atoms with van der Waals surface area (Å²) < 4.78 is 86.2. The number of ketones is 1. The Kier molecular flexibility index (Phi) is 12.6. The maximum absolute atomic E-state index is 14.5. The van der Waals surface area contributed by atoms with Crippen molar-refractivity contribution in [2.75, 3.05) is 37.6 Å². The molecule has 7 rings (SSSR count). The Morgan fingerprint density at radius 1 is 1.05 bits per heavy atom. The number of imide groups is 1.